The Kier molecular flexibility index (Phi) is 5.55. The lowest BCUT2D eigenvalue weighted by Gasteiger charge is -2.17. The van der Waals surface area contributed by atoms with E-state index in [1.54, 1.807) is 17.7 Å². The monoisotopic (exact) mass is 362 g/mol. The molecule has 0 aromatic carbocycles. The molecule has 1 atom stereocenters. The van der Waals surface area contributed by atoms with Gasteiger partial charge < -0.3 is 10.6 Å². The molecule has 130 valence electrons. The molecular weight excluding hydrogens is 336 g/mol. The lowest BCUT2D eigenvalue weighted by atomic mass is 10.1. The first-order valence-electron chi connectivity index (χ1n) is 9.19. The van der Waals surface area contributed by atoms with E-state index in [-0.39, 0.29) is 0 Å². The van der Waals surface area contributed by atoms with Crippen LogP contribution in [0.5, 0.6) is 0 Å². The van der Waals surface area contributed by atoms with Crippen molar-refractivity contribution in [2.75, 3.05) is 16.8 Å². The summed E-state index contributed by atoms with van der Waals surface area (Å²) < 4.78 is 0. The second-order valence-electron chi connectivity index (χ2n) is 6.93. The van der Waals surface area contributed by atoms with Gasteiger partial charge in [0.1, 0.15) is 17.0 Å². The van der Waals surface area contributed by atoms with Gasteiger partial charge in [-0.25, -0.2) is 9.97 Å². The number of nitrogens with one attached hydrogen (secondary N) is 2. The van der Waals surface area contributed by atoms with Gasteiger partial charge in [0.25, 0.3) is 0 Å². The maximum atomic E-state index is 4.54. The van der Waals surface area contributed by atoms with Gasteiger partial charge in [0.15, 0.2) is 0 Å². The fraction of sp³-hybridized carbons (Fsp3) is 0.667. The van der Waals surface area contributed by atoms with E-state index in [0.29, 0.717) is 12.1 Å². The number of anilines is 1. The molecule has 24 heavy (non-hydrogen) atoms. The van der Waals surface area contributed by atoms with Crippen molar-refractivity contribution in [1.29, 1.82) is 0 Å². The van der Waals surface area contributed by atoms with E-state index in [1.807, 2.05) is 0 Å². The SMILES string of the molecule is c1nc(NC2CCCCCC2)c2cc(CN[C@H]3CCSC3)sc2n1. The zero-order chi connectivity index (χ0) is 16.2. The number of hydrogen-bond acceptors (Lipinski definition) is 6. The number of hydrogen-bond donors (Lipinski definition) is 2. The standard InChI is InChI=1S/C18H26N4S2/c1-2-4-6-13(5-3-1)22-17-16-9-15(24-18(16)21-12-20-17)10-19-14-7-8-23-11-14/h9,12-14,19H,1-8,10-11H2,(H,20,21,22)/t14-/m0/s1. The second-order valence-corrected chi connectivity index (χ2v) is 9.19. The summed E-state index contributed by atoms with van der Waals surface area (Å²) in [5, 5.41) is 8.59. The van der Waals surface area contributed by atoms with Gasteiger partial charge in [-0.2, -0.15) is 11.8 Å². The molecule has 2 aliphatic rings. The van der Waals surface area contributed by atoms with E-state index in [9.17, 15) is 0 Å². The molecule has 2 aromatic rings. The number of aromatic nitrogens is 2. The van der Waals surface area contributed by atoms with Crippen LogP contribution in [0.25, 0.3) is 10.2 Å². The van der Waals surface area contributed by atoms with Gasteiger partial charge in [0, 0.05) is 29.3 Å². The van der Waals surface area contributed by atoms with Crippen molar-refractivity contribution in [2.24, 2.45) is 0 Å². The molecule has 1 saturated carbocycles. The summed E-state index contributed by atoms with van der Waals surface area (Å²) in [7, 11) is 0. The minimum absolute atomic E-state index is 0.572. The zero-order valence-electron chi connectivity index (χ0n) is 14.1. The van der Waals surface area contributed by atoms with E-state index < -0.39 is 0 Å². The molecule has 1 aliphatic heterocycles. The lowest BCUT2D eigenvalue weighted by molar-refractivity contribution is 0.561. The molecule has 4 rings (SSSR count). The normalized spacial score (nSPS) is 22.8. The Bertz CT molecular complexity index is 658. The summed E-state index contributed by atoms with van der Waals surface area (Å²) in [5.41, 5.74) is 0. The number of thiophene rings is 1. The van der Waals surface area contributed by atoms with Crippen LogP contribution in [0.2, 0.25) is 0 Å². The fourth-order valence-electron chi connectivity index (χ4n) is 3.67. The van der Waals surface area contributed by atoms with Crippen molar-refractivity contribution >= 4 is 39.1 Å². The highest BCUT2D eigenvalue weighted by Gasteiger charge is 2.17. The van der Waals surface area contributed by atoms with E-state index in [2.05, 4.69) is 38.4 Å². The third kappa shape index (κ3) is 4.03. The quantitative estimate of drug-likeness (QED) is 0.771. The molecule has 0 radical (unpaired) electrons. The van der Waals surface area contributed by atoms with Crippen LogP contribution in [0.15, 0.2) is 12.4 Å². The molecule has 0 spiro atoms. The highest BCUT2D eigenvalue weighted by atomic mass is 32.2. The molecule has 4 nitrogen and oxygen atoms in total. The minimum Gasteiger partial charge on any atom is -0.367 e. The van der Waals surface area contributed by atoms with Gasteiger partial charge in [0.05, 0.1) is 5.39 Å². The molecule has 2 fully saturated rings. The van der Waals surface area contributed by atoms with Crippen molar-refractivity contribution in [1.82, 2.24) is 15.3 Å². The predicted molar refractivity (Wildman–Crippen MR) is 105 cm³/mol. The lowest BCUT2D eigenvalue weighted by Crippen LogP contribution is -2.27. The predicted octanol–water partition coefficient (Wildman–Crippen LogP) is 4.42. The Labute approximate surface area is 152 Å². The molecule has 2 aromatic heterocycles. The Balaban J connectivity index is 1.46. The smallest absolute Gasteiger partial charge is 0.138 e. The Hall–Kier alpha value is -0.850. The van der Waals surface area contributed by atoms with Crippen LogP contribution in [0.3, 0.4) is 0 Å². The van der Waals surface area contributed by atoms with Crippen molar-refractivity contribution in [3.63, 3.8) is 0 Å². The molecule has 0 amide bonds. The first kappa shape index (κ1) is 16.6. The maximum Gasteiger partial charge on any atom is 0.138 e. The number of nitrogens with zero attached hydrogens (tertiary/aromatic N) is 2. The summed E-state index contributed by atoms with van der Waals surface area (Å²) in [6.07, 6.45) is 11.0. The van der Waals surface area contributed by atoms with Crippen LogP contribution in [-0.2, 0) is 6.54 Å². The largest absolute Gasteiger partial charge is 0.367 e. The van der Waals surface area contributed by atoms with Crippen LogP contribution in [0.4, 0.5) is 5.82 Å². The first-order valence-corrected chi connectivity index (χ1v) is 11.2. The minimum atomic E-state index is 0.572. The molecular formula is C18H26N4S2. The number of rotatable bonds is 5. The van der Waals surface area contributed by atoms with Gasteiger partial charge >= 0.3 is 0 Å². The van der Waals surface area contributed by atoms with Gasteiger partial charge in [-0.1, -0.05) is 25.7 Å². The van der Waals surface area contributed by atoms with E-state index in [1.165, 1.54) is 66.7 Å². The van der Waals surface area contributed by atoms with Crippen molar-refractivity contribution in [3.05, 3.63) is 17.3 Å². The molecule has 0 unspecified atom stereocenters. The fourth-order valence-corrected chi connectivity index (χ4v) is 5.80. The van der Waals surface area contributed by atoms with E-state index in [0.717, 1.165) is 17.2 Å². The summed E-state index contributed by atoms with van der Waals surface area (Å²) in [6, 6.07) is 3.53. The molecule has 1 aliphatic carbocycles. The topological polar surface area (TPSA) is 49.8 Å². The summed E-state index contributed by atoms with van der Waals surface area (Å²) in [5.74, 6) is 3.58. The van der Waals surface area contributed by atoms with Crippen molar-refractivity contribution in [3.8, 4) is 0 Å². The van der Waals surface area contributed by atoms with Crippen LogP contribution >= 0.6 is 23.1 Å². The summed E-state index contributed by atoms with van der Waals surface area (Å²) in [6.45, 7) is 0.953. The third-order valence-corrected chi connectivity index (χ3v) is 7.28. The van der Waals surface area contributed by atoms with Gasteiger partial charge in [0.2, 0.25) is 0 Å². The van der Waals surface area contributed by atoms with E-state index >= 15 is 0 Å². The highest BCUT2D eigenvalue weighted by Crippen LogP contribution is 2.30. The number of thioether (sulfide) groups is 1. The molecule has 0 bridgehead atoms. The van der Waals surface area contributed by atoms with Gasteiger partial charge in [-0.3, -0.25) is 0 Å². The second kappa shape index (κ2) is 8.02. The van der Waals surface area contributed by atoms with E-state index in [4.69, 9.17) is 0 Å². The zero-order valence-corrected chi connectivity index (χ0v) is 15.7. The Morgan fingerprint density at radius 1 is 1.04 bits per heavy atom. The van der Waals surface area contributed by atoms with Crippen LogP contribution in [0.1, 0.15) is 49.8 Å². The van der Waals surface area contributed by atoms with Crippen LogP contribution < -0.4 is 10.6 Å². The molecule has 1 saturated heterocycles. The van der Waals surface area contributed by atoms with Crippen LogP contribution in [0, 0.1) is 0 Å². The summed E-state index contributed by atoms with van der Waals surface area (Å²) >= 11 is 3.85. The van der Waals surface area contributed by atoms with Crippen molar-refractivity contribution < 1.29 is 0 Å². The Morgan fingerprint density at radius 2 is 1.92 bits per heavy atom. The molecule has 3 heterocycles. The Morgan fingerprint density at radius 3 is 2.71 bits per heavy atom. The van der Waals surface area contributed by atoms with Gasteiger partial charge in [-0.05, 0) is 31.1 Å². The average molecular weight is 363 g/mol. The van der Waals surface area contributed by atoms with Crippen LogP contribution in [-0.4, -0.2) is 33.6 Å². The molecule has 2 N–H and O–H groups in total. The van der Waals surface area contributed by atoms with Crippen molar-refractivity contribution in [2.45, 2.75) is 63.6 Å². The average Bonchev–Trinajstić information content (AvgIpc) is 3.18. The maximum absolute atomic E-state index is 4.54. The third-order valence-electron chi connectivity index (χ3n) is 5.07. The molecule has 6 heteroatoms. The van der Waals surface area contributed by atoms with Gasteiger partial charge in [-0.15, -0.1) is 11.3 Å². The summed E-state index contributed by atoms with van der Waals surface area (Å²) in [4.78, 5) is 11.5. The highest BCUT2D eigenvalue weighted by molar-refractivity contribution is 7.99. The number of fused-ring (bicyclic) bond motifs is 1. The first-order chi connectivity index (χ1) is 11.9.